The minimum atomic E-state index is -2.44. The molecular formula is C16H15F2N3OSi. The Morgan fingerprint density at radius 2 is 1.43 bits per heavy atom. The highest BCUT2D eigenvalue weighted by atomic mass is 28.3. The number of azide groups is 1. The Labute approximate surface area is 133 Å². The predicted molar refractivity (Wildman–Crippen MR) is 86.4 cm³/mol. The van der Waals surface area contributed by atoms with Gasteiger partial charge in [0.1, 0.15) is 19.7 Å². The molecule has 0 radical (unpaired) electrons. The van der Waals surface area contributed by atoms with Gasteiger partial charge in [0.2, 0.25) is 0 Å². The molecule has 2 aromatic carbocycles. The molecule has 4 nitrogen and oxygen atoms in total. The van der Waals surface area contributed by atoms with Gasteiger partial charge in [0, 0.05) is 4.91 Å². The topological polar surface area (TPSA) is 69.0 Å². The Kier molecular flexibility index (Phi) is 4.17. The van der Waals surface area contributed by atoms with E-state index in [1.807, 2.05) is 0 Å². The molecule has 1 fully saturated rings. The zero-order valence-corrected chi connectivity index (χ0v) is 13.2. The molecule has 1 aliphatic rings. The summed E-state index contributed by atoms with van der Waals surface area (Å²) in [6.07, 6.45) is -0.743. The third-order valence-electron chi connectivity index (χ3n) is 4.55. The van der Waals surface area contributed by atoms with Crippen LogP contribution in [0.1, 0.15) is 0 Å². The molecule has 23 heavy (non-hydrogen) atoms. The van der Waals surface area contributed by atoms with Crippen LogP contribution >= 0.6 is 0 Å². The third kappa shape index (κ3) is 2.86. The van der Waals surface area contributed by atoms with E-state index in [9.17, 15) is 13.9 Å². The summed E-state index contributed by atoms with van der Waals surface area (Å²) >= 11 is 0. The van der Waals surface area contributed by atoms with E-state index < -0.39 is 20.2 Å². The molecule has 0 amide bonds. The molecule has 118 valence electrons. The first-order valence-electron chi connectivity index (χ1n) is 7.29. The van der Waals surface area contributed by atoms with E-state index in [-0.39, 0.29) is 11.6 Å². The van der Waals surface area contributed by atoms with Crippen LogP contribution in [0.25, 0.3) is 10.4 Å². The molecule has 1 saturated heterocycles. The number of hydrogen-bond donors (Lipinski definition) is 1. The number of halogens is 2. The fraction of sp³-hybridized carbons (Fsp3) is 0.250. The molecule has 0 bridgehead atoms. The monoisotopic (exact) mass is 331 g/mol. The van der Waals surface area contributed by atoms with E-state index in [2.05, 4.69) is 10.0 Å². The van der Waals surface area contributed by atoms with E-state index in [1.54, 1.807) is 24.3 Å². The van der Waals surface area contributed by atoms with Crippen molar-refractivity contribution in [3.05, 3.63) is 70.6 Å². The zero-order valence-electron chi connectivity index (χ0n) is 12.2. The molecule has 2 aromatic rings. The normalized spacial score (nSPS) is 22.6. The Balaban J connectivity index is 2.12. The number of aliphatic hydroxyl groups excluding tert-OH is 1. The lowest BCUT2D eigenvalue weighted by molar-refractivity contribution is 0.180. The summed E-state index contributed by atoms with van der Waals surface area (Å²) in [7, 11) is -2.44. The quantitative estimate of drug-likeness (QED) is 0.399. The molecule has 7 heteroatoms. The van der Waals surface area contributed by atoms with E-state index in [0.717, 1.165) is 10.4 Å². The molecule has 2 atom stereocenters. The average Bonchev–Trinajstić information content (AvgIpc) is 2.87. The minimum absolute atomic E-state index is 0.331. The maximum absolute atomic E-state index is 13.3. The van der Waals surface area contributed by atoms with Gasteiger partial charge in [-0.2, -0.15) is 0 Å². The molecule has 1 N–H and O–H groups in total. The van der Waals surface area contributed by atoms with Gasteiger partial charge in [-0.05, 0) is 41.9 Å². The van der Waals surface area contributed by atoms with Crippen LogP contribution in [0.5, 0.6) is 0 Å². The van der Waals surface area contributed by atoms with Gasteiger partial charge in [0.15, 0.2) is 0 Å². The maximum Gasteiger partial charge on any atom is 0.123 e. The molecule has 0 aliphatic carbocycles. The van der Waals surface area contributed by atoms with E-state index in [0.29, 0.717) is 12.1 Å². The van der Waals surface area contributed by atoms with Gasteiger partial charge < -0.3 is 5.11 Å². The molecule has 1 heterocycles. The summed E-state index contributed by atoms with van der Waals surface area (Å²) in [5.41, 5.74) is 8.69. The molecule has 1 aliphatic heterocycles. The fourth-order valence-electron chi connectivity index (χ4n) is 3.43. The summed E-state index contributed by atoms with van der Waals surface area (Å²) in [6.45, 7) is 0. The van der Waals surface area contributed by atoms with E-state index >= 15 is 0 Å². The van der Waals surface area contributed by atoms with Gasteiger partial charge in [-0.15, -0.1) is 0 Å². The second-order valence-corrected chi connectivity index (χ2v) is 9.98. The number of nitrogens with zero attached hydrogens (tertiary/aromatic N) is 3. The van der Waals surface area contributed by atoms with Crippen molar-refractivity contribution in [1.82, 2.24) is 0 Å². The third-order valence-corrected chi connectivity index (χ3v) is 9.66. The molecule has 0 aromatic heterocycles. The van der Waals surface area contributed by atoms with Crippen molar-refractivity contribution in [2.75, 3.05) is 0 Å². The Morgan fingerprint density at radius 1 is 0.957 bits per heavy atom. The summed E-state index contributed by atoms with van der Waals surface area (Å²) < 4.78 is 26.6. The number of hydrogen-bond acceptors (Lipinski definition) is 2. The number of benzene rings is 2. The summed E-state index contributed by atoms with van der Waals surface area (Å²) in [5.74, 6) is -0.663. The Bertz CT molecular complexity index is 699. The van der Waals surface area contributed by atoms with Crippen LogP contribution in [0, 0.1) is 11.6 Å². The molecule has 0 saturated carbocycles. The molecular weight excluding hydrogens is 316 g/mol. The van der Waals surface area contributed by atoms with E-state index in [1.165, 1.54) is 24.3 Å². The summed E-state index contributed by atoms with van der Waals surface area (Å²) in [6, 6.07) is 12.9. The first-order chi connectivity index (χ1) is 11.0. The molecule has 3 rings (SSSR count). The van der Waals surface area contributed by atoms with Crippen molar-refractivity contribution in [2.45, 2.75) is 24.2 Å². The van der Waals surface area contributed by atoms with Crippen LogP contribution < -0.4 is 10.4 Å². The largest absolute Gasteiger partial charge is 0.393 e. The van der Waals surface area contributed by atoms with Gasteiger partial charge in [0.05, 0.1) is 12.1 Å². The van der Waals surface area contributed by atoms with Crippen molar-refractivity contribution in [3.63, 3.8) is 0 Å². The Morgan fingerprint density at radius 3 is 1.87 bits per heavy atom. The maximum atomic E-state index is 13.3. The van der Waals surface area contributed by atoms with Crippen LogP contribution in [-0.2, 0) is 0 Å². The van der Waals surface area contributed by atoms with Crippen LogP contribution in [0.4, 0.5) is 8.78 Å². The predicted octanol–water partition coefficient (Wildman–Crippen LogP) is 2.58. The van der Waals surface area contributed by atoms with Crippen molar-refractivity contribution in [1.29, 1.82) is 0 Å². The van der Waals surface area contributed by atoms with Gasteiger partial charge in [0.25, 0.3) is 0 Å². The highest BCUT2D eigenvalue weighted by Gasteiger charge is 2.48. The van der Waals surface area contributed by atoms with Gasteiger partial charge in [-0.1, -0.05) is 39.8 Å². The van der Waals surface area contributed by atoms with E-state index in [4.69, 9.17) is 5.53 Å². The average molecular weight is 331 g/mol. The lowest BCUT2D eigenvalue weighted by Crippen LogP contribution is -2.56. The molecule has 0 spiro atoms. The zero-order chi connectivity index (χ0) is 16.4. The van der Waals surface area contributed by atoms with Crippen molar-refractivity contribution >= 4 is 18.4 Å². The van der Waals surface area contributed by atoms with Gasteiger partial charge in [-0.25, -0.2) is 8.78 Å². The van der Waals surface area contributed by atoms with Crippen LogP contribution in [0.3, 0.4) is 0 Å². The van der Waals surface area contributed by atoms with Gasteiger partial charge in [-0.3, -0.25) is 0 Å². The Hall–Kier alpha value is -2.21. The fourth-order valence-corrected chi connectivity index (χ4v) is 8.54. The van der Waals surface area contributed by atoms with Crippen LogP contribution in [0.15, 0.2) is 53.6 Å². The van der Waals surface area contributed by atoms with Gasteiger partial charge >= 0.3 is 0 Å². The van der Waals surface area contributed by atoms with Crippen molar-refractivity contribution in [3.8, 4) is 0 Å². The highest BCUT2D eigenvalue weighted by Crippen LogP contribution is 2.33. The van der Waals surface area contributed by atoms with Crippen molar-refractivity contribution in [2.24, 2.45) is 5.11 Å². The second-order valence-electron chi connectivity index (χ2n) is 5.84. The smallest absolute Gasteiger partial charge is 0.123 e. The van der Waals surface area contributed by atoms with Crippen molar-refractivity contribution < 1.29 is 13.9 Å². The van der Waals surface area contributed by atoms with Crippen LogP contribution in [0.2, 0.25) is 12.1 Å². The lowest BCUT2D eigenvalue weighted by atomic mass is 10.2. The summed E-state index contributed by atoms with van der Waals surface area (Å²) in [5, 5.41) is 15.9. The first-order valence-corrected chi connectivity index (χ1v) is 9.71. The number of aliphatic hydroxyl groups is 1. The standard InChI is InChI=1S/C16H15F2N3OSi/c17-11-1-5-13(6-2-11)23(14-7-3-12(18)4-8-14)9-15(20-21-19)16(22)10-23/h1-8,15-16,22H,9-10H2/t15-,16-/m1/s1. The number of rotatable bonds is 3. The first kappa shape index (κ1) is 15.7. The molecule has 0 unspecified atom stereocenters. The highest BCUT2D eigenvalue weighted by molar-refractivity contribution is 7.03. The summed E-state index contributed by atoms with van der Waals surface area (Å²) in [4.78, 5) is 2.82. The lowest BCUT2D eigenvalue weighted by Gasteiger charge is -2.28. The SMILES string of the molecule is [N-]=[N+]=N[C@@H]1C[Si](c2ccc(F)cc2)(c2ccc(F)cc2)C[C@H]1O. The van der Waals surface area contributed by atoms with Crippen LogP contribution in [-0.4, -0.2) is 25.3 Å². The second kappa shape index (κ2) is 6.12. The minimum Gasteiger partial charge on any atom is -0.393 e.